The van der Waals surface area contributed by atoms with Crippen LogP contribution >= 0.6 is 0 Å². The largest absolute Gasteiger partial charge is 0.493 e. The number of pyridine rings is 2. The number of hydrogen-bond donors (Lipinski definition) is 1. The summed E-state index contributed by atoms with van der Waals surface area (Å²) in [6.07, 6.45) is 1.40. The van der Waals surface area contributed by atoms with Gasteiger partial charge in [0.15, 0.2) is 11.4 Å². The van der Waals surface area contributed by atoms with E-state index in [1.54, 1.807) is 6.07 Å². The van der Waals surface area contributed by atoms with Gasteiger partial charge in [-0.05, 0) is 35.4 Å². The fourth-order valence-corrected chi connectivity index (χ4v) is 3.18. The SMILES string of the molecule is COc1ccnc(C(=O)Nc2ccc3cc(-c4ccccc4)ccc3n2)c1OC(C)=O. The van der Waals surface area contributed by atoms with E-state index >= 15 is 0 Å². The Labute approximate surface area is 178 Å². The molecule has 2 heterocycles. The van der Waals surface area contributed by atoms with Crippen LogP contribution in [0.25, 0.3) is 22.0 Å². The molecule has 2 aromatic heterocycles. The van der Waals surface area contributed by atoms with Gasteiger partial charge in [-0.2, -0.15) is 0 Å². The van der Waals surface area contributed by atoms with Crippen molar-refractivity contribution in [3.8, 4) is 22.6 Å². The first-order valence-corrected chi connectivity index (χ1v) is 9.54. The maximum atomic E-state index is 12.8. The van der Waals surface area contributed by atoms with Crippen molar-refractivity contribution in [2.75, 3.05) is 12.4 Å². The van der Waals surface area contributed by atoms with E-state index in [0.29, 0.717) is 5.82 Å². The van der Waals surface area contributed by atoms with Crippen LogP contribution in [0.15, 0.2) is 72.9 Å². The lowest BCUT2D eigenvalue weighted by molar-refractivity contribution is -0.132. The molecule has 0 saturated heterocycles. The van der Waals surface area contributed by atoms with E-state index in [0.717, 1.165) is 22.0 Å². The third kappa shape index (κ3) is 4.35. The van der Waals surface area contributed by atoms with Crippen molar-refractivity contribution >= 4 is 28.6 Å². The molecule has 0 spiro atoms. The van der Waals surface area contributed by atoms with E-state index in [1.165, 1.54) is 26.3 Å². The molecule has 31 heavy (non-hydrogen) atoms. The molecule has 2 aromatic carbocycles. The molecule has 0 atom stereocenters. The van der Waals surface area contributed by atoms with Gasteiger partial charge in [0.05, 0.1) is 12.6 Å². The molecule has 0 saturated carbocycles. The molecule has 4 aromatic rings. The van der Waals surface area contributed by atoms with E-state index in [4.69, 9.17) is 9.47 Å². The van der Waals surface area contributed by atoms with E-state index in [2.05, 4.69) is 15.3 Å². The highest BCUT2D eigenvalue weighted by molar-refractivity contribution is 6.05. The average Bonchev–Trinajstić information content (AvgIpc) is 2.79. The third-order valence-corrected chi connectivity index (χ3v) is 4.59. The highest BCUT2D eigenvalue weighted by Gasteiger charge is 2.21. The van der Waals surface area contributed by atoms with Crippen LogP contribution in [-0.2, 0) is 4.79 Å². The molecule has 4 rings (SSSR count). The first kappa shape index (κ1) is 20.0. The van der Waals surface area contributed by atoms with Gasteiger partial charge in [-0.15, -0.1) is 0 Å². The minimum atomic E-state index is -0.585. The molecular formula is C24H19N3O4. The zero-order chi connectivity index (χ0) is 21.8. The van der Waals surface area contributed by atoms with Crippen LogP contribution in [0.1, 0.15) is 17.4 Å². The number of methoxy groups -OCH3 is 1. The summed E-state index contributed by atoms with van der Waals surface area (Å²) in [5.74, 6) is -0.608. The van der Waals surface area contributed by atoms with Crippen molar-refractivity contribution in [2.24, 2.45) is 0 Å². The number of carbonyl (C=O) groups is 2. The lowest BCUT2D eigenvalue weighted by Crippen LogP contribution is -2.17. The Morgan fingerprint density at radius 2 is 1.74 bits per heavy atom. The van der Waals surface area contributed by atoms with Crippen LogP contribution in [0, 0.1) is 0 Å². The third-order valence-electron chi connectivity index (χ3n) is 4.59. The first-order chi connectivity index (χ1) is 15.0. The van der Waals surface area contributed by atoms with Crippen LogP contribution in [0.2, 0.25) is 0 Å². The summed E-state index contributed by atoms with van der Waals surface area (Å²) >= 11 is 0. The summed E-state index contributed by atoms with van der Waals surface area (Å²) in [6.45, 7) is 1.24. The number of rotatable bonds is 5. The Bertz CT molecular complexity index is 1270. The molecule has 0 bridgehead atoms. The average molecular weight is 413 g/mol. The normalized spacial score (nSPS) is 10.5. The zero-order valence-electron chi connectivity index (χ0n) is 17.0. The Kier molecular flexibility index (Phi) is 5.57. The van der Waals surface area contributed by atoms with Crippen molar-refractivity contribution in [2.45, 2.75) is 6.92 Å². The number of aromatic nitrogens is 2. The number of carbonyl (C=O) groups excluding carboxylic acids is 2. The highest BCUT2D eigenvalue weighted by Crippen LogP contribution is 2.30. The van der Waals surface area contributed by atoms with Crippen molar-refractivity contribution in [1.29, 1.82) is 0 Å². The lowest BCUT2D eigenvalue weighted by Gasteiger charge is -2.12. The van der Waals surface area contributed by atoms with Crippen molar-refractivity contribution in [3.63, 3.8) is 0 Å². The van der Waals surface area contributed by atoms with E-state index < -0.39 is 11.9 Å². The Morgan fingerprint density at radius 3 is 2.48 bits per heavy atom. The summed E-state index contributed by atoms with van der Waals surface area (Å²) in [4.78, 5) is 32.8. The van der Waals surface area contributed by atoms with Gasteiger partial charge in [0.1, 0.15) is 5.82 Å². The number of ether oxygens (including phenoxy) is 2. The smallest absolute Gasteiger partial charge is 0.308 e. The number of nitrogens with zero attached hydrogens (tertiary/aromatic N) is 2. The van der Waals surface area contributed by atoms with Gasteiger partial charge < -0.3 is 14.8 Å². The molecule has 7 nitrogen and oxygen atoms in total. The summed E-state index contributed by atoms with van der Waals surface area (Å²) in [7, 11) is 1.42. The zero-order valence-corrected chi connectivity index (χ0v) is 17.0. The maximum Gasteiger partial charge on any atom is 0.308 e. The van der Waals surface area contributed by atoms with Gasteiger partial charge in [-0.3, -0.25) is 9.59 Å². The number of esters is 1. The topological polar surface area (TPSA) is 90.4 Å². The summed E-state index contributed by atoms with van der Waals surface area (Å²) in [5, 5.41) is 3.65. The van der Waals surface area contributed by atoms with Crippen LogP contribution in [0.3, 0.4) is 0 Å². The number of amides is 1. The molecule has 7 heteroatoms. The van der Waals surface area contributed by atoms with Gasteiger partial charge in [-0.25, -0.2) is 9.97 Å². The van der Waals surface area contributed by atoms with Gasteiger partial charge in [0, 0.05) is 24.6 Å². The van der Waals surface area contributed by atoms with E-state index in [-0.39, 0.29) is 17.2 Å². The Balaban J connectivity index is 1.62. The molecule has 0 aliphatic rings. The molecule has 0 radical (unpaired) electrons. The molecule has 1 amide bonds. The van der Waals surface area contributed by atoms with Crippen LogP contribution < -0.4 is 14.8 Å². The second kappa shape index (κ2) is 8.62. The van der Waals surface area contributed by atoms with Crippen LogP contribution in [0.5, 0.6) is 11.5 Å². The number of nitrogens with one attached hydrogen (secondary N) is 1. The summed E-state index contributed by atoms with van der Waals surface area (Å²) in [5.41, 5.74) is 2.86. The second-order valence-corrected chi connectivity index (χ2v) is 6.71. The fourth-order valence-electron chi connectivity index (χ4n) is 3.18. The van der Waals surface area contributed by atoms with Crippen molar-refractivity contribution in [1.82, 2.24) is 9.97 Å². The molecule has 154 valence electrons. The molecule has 0 aliphatic carbocycles. The van der Waals surface area contributed by atoms with Crippen LogP contribution in [0.4, 0.5) is 5.82 Å². The number of benzene rings is 2. The maximum absolute atomic E-state index is 12.8. The molecule has 0 fully saturated rings. The number of anilines is 1. The minimum absolute atomic E-state index is 0.0386. The molecule has 0 unspecified atom stereocenters. The van der Waals surface area contributed by atoms with Crippen molar-refractivity contribution in [3.05, 3.63) is 78.6 Å². The minimum Gasteiger partial charge on any atom is -0.493 e. The van der Waals surface area contributed by atoms with Gasteiger partial charge in [-0.1, -0.05) is 36.4 Å². The van der Waals surface area contributed by atoms with E-state index in [9.17, 15) is 9.59 Å². The number of hydrogen-bond acceptors (Lipinski definition) is 6. The Hall–Kier alpha value is -4.26. The van der Waals surface area contributed by atoms with Crippen LogP contribution in [-0.4, -0.2) is 29.0 Å². The quantitative estimate of drug-likeness (QED) is 0.485. The van der Waals surface area contributed by atoms with E-state index in [1.807, 2.05) is 54.6 Å². The first-order valence-electron chi connectivity index (χ1n) is 9.54. The predicted molar refractivity (Wildman–Crippen MR) is 117 cm³/mol. The van der Waals surface area contributed by atoms with Gasteiger partial charge >= 0.3 is 5.97 Å². The predicted octanol–water partition coefficient (Wildman–Crippen LogP) is 4.48. The molecule has 0 aliphatic heterocycles. The summed E-state index contributed by atoms with van der Waals surface area (Å²) < 4.78 is 10.3. The van der Waals surface area contributed by atoms with Gasteiger partial charge in [0.25, 0.3) is 5.91 Å². The highest BCUT2D eigenvalue weighted by atomic mass is 16.6. The molecular weight excluding hydrogens is 394 g/mol. The van der Waals surface area contributed by atoms with Crippen molar-refractivity contribution < 1.29 is 19.1 Å². The Morgan fingerprint density at radius 1 is 0.935 bits per heavy atom. The standard InChI is InChI=1S/C24H19N3O4/c1-15(28)31-23-20(30-2)12-13-25-22(23)24(29)27-21-11-9-18-14-17(8-10-19(18)26-21)16-6-4-3-5-7-16/h3-14H,1-2H3,(H,26,27,29). The van der Waals surface area contributed by atoms with Gasteiger partial charge in [0.2, 0.25) is 5.75 Å². The second-order valence-electron chi connectivity index (χ2n) is 6.71. The number of fused-ring (bicyclic) bond motifs is 1. The fraction of sp³-hybridized carbons (Fsp3) is 0.0833. The molecule has 1 N–H and O–H groups in total. The monoisotopic (exact) mass is 413 g/mol. The lowest BCUT2D eigenvalue weighted by atomic mass is 10.0. The summed E-state index contributed by atoms with van der Waals surface area (Å²) in [6, 6.07) is 21.1.